The van der Waals surface area contributed by atoms with E-state index < -0.39 is 28.0 Å². The van der Waals surface area contributed by atoms with Gasteiger partial charge in [-0.15, -0.1) is 0 Å². The Morgan fingerprint density at radius 2 is 2.00 bits per heavy atom. The van der Waals surface area contributed by atoms with Crippen LogP contribution < -0.4 is 5.32 Å². The summed E-state index contributed by atoms with van der Waals surface area (Å²) in [6, 6.07) is -0.801. The van der Waals surface area contributed by atoms with Crippen LogP contribution in [0.3, 0.4) is 0 Å². The van der Waals surface area contributed by atoms with Crippen LogP contribution in [0.1, 0.15) is 51.9 Å². The summed E-state index contributed by atoms with van der Waals surface area (Å²) in [6.07, 6.45) is 4.23. The molecule has 2 N–H and O–H groups in total. The molecule has 0 radical (unpaired) electrons. The lowest BCUT2D eigenvalue weighted by Crippen LogP contribution is -2.48. The number of aliphatic carboxylic acids is 1. The van der Waals surface area contributed by atoms with E-state index in [4.69, 9.17) is 5.11 Å². The second-order valence-electron chi connectivity index (χ2n) is 6.49. The highest BCUT2D eigenvalue weighted by atomic mass is 32.2. The Kier molecular flexibility index (Phi) is 6.02. The average molecular weight is 346 g/mol. The fourth-order valence-corrected chi connectivity index (χ4v) is 5.30. The number of sulfonamides is 1. The van der Waals surface area contributed by atoms with Crippen molar-refractivity contribution in [1.29, 1.82) is 0 Å². The Morgan fingerprint density at radius 3 is 2.61 bits per heavy atom. The largest absolute Gasteiger partial charge is 0.481 e. The summed E-state index contributed by atoms with van der Waals surface area (Å²) >= 11 is 0. The summed E-state index contributed by atoms with van der Waals surface area (Å²) in [5.74, 6) is -1.43. The van der Waals surface area contributed by atoms with Gasteiger partial charge in [-0.25, -0.2) is 8.42 Å². The molecule has 2 rings (SSSR count). The minimum atomic E-state index is -3.40. The van der Waals surface area contributed by atoms with Crippen LogP contribution in [0.25, 0.3) is 0 Å². The van der Waals surface area contributed by atoms with E-state index in [-0.39, 0.29) is 17.7 Å². The van der Waals surface area contributed by atoms with Crippen LogP contribution in [0.5, 0.6) is 0 Å². The number of hydrogen-bond donors (Lipinski definition) is 2. The molecule has 0 bridgehead atoms. The van der Waals surface area contributed by atoms with Crippen molar-refractivity contribution in [2.45, 2.75) is 64.0 Å². The van der Waals surface area contributed by atoms with Gasteiger partial charge in [0.2, 0.25) is 15.9 Å². The van der Waals surface area contributed by atoms with Gasteiger partial charge in [-0.2, -0.15) is 4.31 Å². The predicted octanol–water partition coefficient (Wildman–Crippen LogP) is 0.950. The molecule has 1 unspecified atom stereocenters. The topological polar surface area (TPSA) is 104 Å². The Bertz CT molecular complexity index is 548. The quantitative estimate of drug-likeness (QED) is 0.714. The summed E-state index contributed by atoms with van der Waals surface area (Å²) in [7, 11) is -3.40. The molecule has 132 valence electrons. The molecule has 2 aliphatic rings. The first kappa shape index (κ1) is 18.2. The van der Waals surface area contributed by atoms with Crippen LogP contribution in [0.4, 0.5) is 0 Å². The first-order valence-electron chi connectivity index (χ1n) is 8.38. The second kappa shape index (κ2) is 7.61. The first-order valence-corrected chi connectivity index (χ1v) is 9.98. The van der Waals surface area contributed by atoms with Crippen molar-refractivity contribution in [1.82, 2.24) is 9.62 Å². The summed E-state index contributed by atoms with van der Waals surface area (Å²) in [4.78, 5) is 23.4. The third kappa shape index (κ3) is 4.44. The molecule has 8 heteroatoms. The maximum atomic E-state index is 12.4. The van der Waals surface area contributed by atoms with E-state index in [0.717, 1.165) is 6.42 Å². The Morgan fingerprint density at radius 1 is 1.26 bits per heavy atom. The molecular weight excluding hydrogens is 320 g/mol. The smallest absolute Gasteiger partial charge is 0.306 e. The Hall–Kier alpha value is -1.15. The summed E-state index contributed by atoms with van der Waals surface area (Å²) < 4.78 is 26.0. The van der Waals surface area contributed by atoms with Crippen LogP contribution in [0, 0.1) is 5.92 Å². The lowest BCUT2D eigenvalue weighted by Gasteiger charge is -2.24. The minimum Gasteiger partial charge on any atom is -0.481 e. The van der Waals surface area contributed by atoms with Crippen molar-refractivity contribution < 1.29 is 23.1 Å². The van der Waals surface area contributed by atoms with Crippen molar-refractivity contribution in [3.63, 3.8) is 0 Å². The molecule has 1 saturated carbocycles. The number of nitrogens with one attached hydrogen (secondary N) is 1. The highest BCUT2D eigenvalue weighted by Gasteiger charge is 2.39. The number of hydrogen-bond acceptors (Lipinski definition) is 4. The second-order valence-corrected chi connectivity index (χ2v) is 8.53. The molecule has 3 atom stereocenters. The molecule has 23 heavy (non-hydrogen) atoms. The number of unbranched alkanes of at least 4 members (excludes halogenated alkanes) is 1. The molecule has 1 amide bonds. The lowest BCUT2D eigenvalue weighted by atomic mass is 10.1. The van der Waals surface area contributed by atoms with Gasteiger partial charge in [0.25, 0.3) is 0 Å². The molecule has 0 aromatic carbocycles. The molecule has 0 aromatic rings. The summed E-state index contributed by atoms with van der Waals surface area (Å²) in [5.41, 5.74) is 0. The number of carboxylic acids is 1. The molecule has 1 heterocycles. The van der Waals surface area contributed by atoms with E-state index in [9.17, 15) is 18.0 Å². The van der Waals surface area contributed by atoms with Crippen molar-refractivity contribution in [2.24, 2.45) is 5.92 Å². The molecular formula is C15H26N2O5S. The van der Waals surface area contributed by atoms with Gasteiger partial charge < -0.3 is 10.4 Å². The maximum absolute atomic E-state index is 12.4. The zero-order chi connectivity index (χ0) is 17.0. The zero-order valence-electron chi connectivity index (χ0n) is 13.5. The molecule has 1 aliphatic carbocycles. The van der Waals surface area contributed by atoms with Crippen molar-refractivity contribution in [3.8, 4) is 0 Å². The van der Waals surface area contributed by atoms with Crippen LogP contribution in [-0.4, -0.2) is 54.1 Å². The third-order valence-electron chi connectivity index (χ3n) is 4.75. The molecule has 2 fully saturated rings. The van der Waals surface area contributed by atoms with Gasteiger partial charge >= 0.3 is 5.97 Å². The average Bonchev–Trinajstić information content (AvgIpc) is 3.14. The molecule has 0 aromatic heterocycles. The molecule has 0 spiro atoms. The highest BCUT2D eigenvalue weighted by molar-refractivity contribution is 7.89. The van der Waals surface area contributed by atoms with Crippen LogP contribution >= 0.6 is 0 Å². The van der Waals surface area contributed by atoms with Crippen molar-refractivity contribution >= 4 is 21.9 Å². The monoisotopic (exact) mass is 346 g/mol. The number of carboxylic acid groups (broad SMARTS) is 1. The predicted molar refractivity (Wildman–Crippen MR) is 85.3 cm³/mol. The number of carbonyl (C=O) groups is 2. The molecule has 7 nitrogen and oxygen atoms in total. The Labute approximate surface area is 137 Å². The third-order valence-corrected chi connectivity index (χ3v) is 6.70. The van der Waals surface area contributed by atoms with Crippen LogP contribution in [0.2, 0.25) is 0 Å². The van der Waals surface area contributed by atoms with E-state index in [1.165, 1.54) is 4.31 Å². The van der Waals surface area contributed by atoms with Gasteiger partial charge in [-0.3, -0.25) is 9.59 Å². The van der Waals surface area contributed by atoms with Crippen molar-refractivity contribution in [3.05, 3.63) is 0 Å². The van der Waals surface area contributed by atoms with Crippen LogP contribution in [-0.2, 0) is 19.6 Å². The van der Waals surface area contributed by atoms with E-state index in [0.29, 0.717) is 45.1 Å². The van der Waals surface area contributed by atoms with Gasteiger partial charge in [-0.1, -0.05) is 13.3 Å². The number of amides is 1. The van der Waals surface area contributed by atoms with E-state index in [1.54, 1.807) is 0 Å². The van der Waals surface area contributed by atoms with Gasteiger partial charge in [0.15, 0.2) is 0 Å². The SMILES string of the molecule is CCCCS(=O)(=O)N1CCCC1C(=O)N[C@H]1CC[C@@H](C(=O)O)C1. The van der Waals surface area contributed by atoms with Gasteiger partial charge in [-0.05, 0) is 38.5 Å². The van der Waals surface area contributed by atoms with Gasteiger partial charge in [0.05, 0.1) is 11.7 Å². The number of rotatable bonds is 7. The Balaban J connectivity index is 1.94. The fraction of sp³-hybridized carbons (Fsp3) is 0.867. The lowest BCUT2D eigenvalue weighted by molar-refractivity contribution is -0.141. The normalized spacial score (nSPS) is 28.8. The van der Waals surface area contributed by atoms with Gasteiger partial charge in [0, 0.05) is 12.6 Å². The summed E-state index contributed by atoms with van der Waals surface area (Å²) in [6.45, 7) is 2.33. The van der Waals surface area contributed by atoms with Gasteiger partial charge in [0.1, 0.15) is 6.04 Å². The summed E-state index contributed by atoms with van der Waals surface area (Å²) in [5, 5.41) is 11.9. The molecule has 1 saturated heterocycles. The van der Waals surface area contributed by atoms with E-state index in [2.05, 4.69) is 5.32 Å². The van der Waals surface area contributed by atoms with E-state index in [1.807, 2.05) is 6.92 Å². The van der Waals surface area contributed by atoms with Crippen molar-refractivity contribution in [2.75, 3.05) is 12.3 Å². The number of nitrogens with zero attached hydrogens (tertiary/aromatic N) is 1. The maximum Gasteiger partial charge on any atom is 0.306 e. The van der Waals surface area contributed by atoms with E-state index >= 15 is 0 Å². The first-order chi connectivity index (χ1) is 10.8. The van der Waals surface area contributed by atoms with Crippen LogP contribution in [0.15, 0.2) is 0 Å². The standard InChI is InChI=1S/C15H26N2O5S/c1-2-3-9-23(21,22)17-8-4-5-13(17)14(18)16-12-7-6-11(10-12)15(19)20/h11-13H,2-10H2,1H3,(H,16,18)(H,19,20)/t11-,12+,13?/m1/s1. The highest BCUT2D eigenvalue weighted by Crippen LogP contribution is 2.27. The molecule has 1 aliphatic heterocycles. The fourth-order valence-electron chi connectivity index (χ4n) is 3.41. The minimum absolute atomic E-state index is 0.0811. The number of carbonyl (C=O) groups excluding carboxylic acids is 1. The zero-order valence-corrected chi connectivity index (χ0v) is 14.3.